The molecule has 0 saturated carbocycles. The van der Waals surface area contributed by atoms with E-state index < -0.39 is 9.84 Å². The molecule has 1 aliphatic heterocycles. The number of sulfone groups is 1. The average molecular weight is 477 g/mol. The summed E-state index contributed by atoms with van der Waals surface area (Å²) in [6, 6.07) is 4.95. The standard InChI is InChI=1S/C22H25ClN4O4S/c1-2-3-8-26-13-20(27-14-24-12-19(27)22(26)29)15-4-5-17(18(23)11-15)21(28)25-16-6-9-32(30,31)10-7-16/h4-5,11-14,16H,2-3,6-10H2,1H3,(H,25,28). The van der Waals surface area contributed by atoms with Crippen LogP contribution in [0.3, 0.4) is 0 Å². The lowest BCUT2D eigenvalue weighted by molar-refractivity contribution is 0.0934. The number of imidazole rings is 1. The highest BCUT2D eigenvalue weighted by atomic mass is 35.5. The highest BCUT2D eigenvalue weighted by molar-refractivity contribution is 7.91. The van der Waals surface area contributed by atoms with Crippen molar-refractivity contribution in [2.75, 3.05) is 11.5 Å². The van der Waals surface area contributed by atoms with Gasteiger partial charge >= 0.3 is 0 Å². The molecule has 0 aliphatic carbocycles. The number of halogens is 1. The molecule has 0 bridgehead atoms. The average Bonchev–Trinajstić information content (AvgIpc) is 3.25. The van der Waals surface area contributed by atoms with Crippen LogP contribution in [-0.4, -0.2) is 45.8 Å². The molecule has 1 saturated heterocycles. The maximum Gasteiger partial charge on any atom is 0.276 e. The van der Waals surface area contributed by atoms with Crippen LogP contribution in [0.15, 0.2) is 41.7 Å². The summed E-state index contributed by atoms with van der Waals surface area (Å²) < 4.78 is 26.6. The highest BCUT2D eigenvalue weighted by Gasteiger charge is 2.25. The van der Waals surface area contributed by atoms with Crippen molar-refractivity contribution in [3.63, 3.8) is 0 Å². The smallest absolute Gasteiger partial charge is 0.276 e. The van der Waals surface area contributed by atoms with Crippen LogP contribution in [0.2, 0.25) is 5.02 Å². The summed E-state index contributed by atoms with van der Waals surface area (Å²) in [5.74, 6) is -0.162. The molecule has 1 amide bonds. The molecule has 0 atom stereocenters. The maximum absolute atomic E-state index is 12.7. The minimum Gasteiger partial charge on any atom is -0.349 e. The number of nitrogens with one attached hydrogen (secondary N) is 1. The third-order valence-corrected chi connectivity index (χ3v) is 7.84. The van der Waals surface area contributed by atoms with E-state index in [2.05, 4.69) is 17.2 Å². The van der Waals surface area contributed by atoms with Crippen LogP contribution in [0.4, 0.5) is 0 Å². The molecule has 3 heterocycles. The fourth-order valence-corrected chi connectivity index (χ4v) is 5.68. The Labute approximate surface area is 191 Å². The zero-order valence-electron chi connectivity index (χ0n) is 17.8. The first-order valence-electron chi connectivity index (χ1n) is 10.7. The van der Waals surface area contributed by atoms with E-state index in [1.165, 1.54) is 0 Å². The van der Waals surface area contributed by atoms with E-state index in [1.807, 2.05) is 0 Å². The molecule has 1 N–H and O–H groups in total. The van der Waals surface area contributed by atoms with Crippen molar-refractivity contribution in [3.8, 4) is 11.3 Å². The van der Waals surface area contributed by atoms with Crippen LogP contribution < -0.4 is 10.9 Å². The number of hydrogen-bond donors (Lipinski definition) is 1. The topological polar surface area (TPSA) is 103 Å². The lowest BCUT2D eigenvalue weighted by Crippen LogP contribution is -2.40. The number of carbonyl (C=O) groups excluding carboxylic acids is 1. The Morgan fingerprint density at radius 2 is 2.03 bits per heavy atom. The van der Waals surface area contributed by atoms with Crippen LogP contribution in [-0.2, 0) is 16.4 Å². The Kier molecular flexibility index (Phi) is 6.39. The maximum atomic E-state index is 12.7. The van der Waals surface area contributed by atoms with Gasteiger partial charge < -0.3 is 9.88 Å². The zero-order valence-corrected chi connectivity index (χ0v) is 19.3. The molecule has 8 nitrogen and oxygen atoms in total. The Balaban J connectivity index is 1.61. The molecule has 32 heavy (non-hydrogen) atoms. The molecule has 170 valence electrons. The number of rotatable bonds is 6. The van der Waals surface area contributed by atoms with Crippen LogP contribution >= 0.6 is 11.6 Å². The van der Waals surface area contributed by atoms with Crippen molar-refractivity contribution < 1.29 is 13.2 Å². The number of hydrogen-bond acceptors (Lipinski definition) is 5. The highest BCUT2D eigenvalue weighted by Crippen LogP contribution is 2.26. The van der Waals surface area contributed by atoms with E-state index in [0.717, 1.165) is 24.1 Å². The van der Waals surface area contributed by atoms with E-state index in [-0.39, 0.29) is 34.0 Å². The summed E-state index contributed by atoms with van der Waals surface area (Å²) in [5, 5.41) is 3.17. The molecule has 3 aromatic rings. The Bertz CT molecular complexity index is 1320. The minimum atomic E-state index is -3.00. The van der Waals surface area contributed by atoms with Gasteiger partial charge in [-0.3, -0.25) is 14.0 Å². The predicted molar refractivity (Wildman–Crippen MR) is 124 cm³/mol. The van der Waals surface area contributed by atoms with Gasteiger partial charge in [-0.25, -0.2) is 13.4 Å². The van der Waals surface area contributed by atoms with Crippen molar-refractivity contribution in [1.82, 2.24) is 19.3 Å². The third-order valence-electron chi connectivity index (χ3n) is 5.81. The Hall–Kier alpha value is -2.65. The summed E-state index contributed by atoms with van der Waals surface area (Å²) in [5.41, 5.74) is 2.20. The number of aryl methyl sites for hydroxylation is 1. The molecule has 1 aromatic carbocycles. The van der Waals surface area contributed by atoms with Gasteiger partial charge in [0.2, 0.25) is 0 Å². The summed E-state index contributed by atoms with van der Waals surface area (Å²) in [6.07, 6.45) is 7.58. The second-order valence-corrected chi connectivity index (χ2v) is 10.8. The third kappa shape index (κ3) is 4.59. The second kappa shape index (κ2) is 9.07. The first kappa shape index (κ1) is 22.5. The number of fused-ring (bicyclic) bond motifs is 1. The molecular weight excluding hydrogens is 452 g/mol. The summed E-state index contributed by atoms with van der Waals surface area (Å²) >= 11 is 6.47. The number of benzene rings is 1. The predicted octanol–water partition coefficient (Wildman–Crippen LogP) is 2.92. The zero-order chi connectivity index (χ0) is 22.9. The van der Waals surface area contributed by atoms with Crippen LogP contribution in [0.5, 0.6) is 0 Å². The normalized spacial score (nSPS) is 16.3. The van der Waals surface area contributed by atoms with Gasteiger partial charge in [-0.15, -0.1) is 0 Å². The van der Waals surface area contributed by atoms with Gasteiger partial charge in [-0.2, -0.15) is 0 Å². The number of unbranched alkanes of at least 4 members (excludes halogenated alkanes) is 1. The first-order chi connectivity index (χ1) is 15.3. The largest absolute Gasteiger partial charge is 0.349 e. The van der Waals surface area contributed by atoms with Gasteiger partial charge in [-0.05, 0) is 31.4 Å². The van der Waals surface area contributed by atoms with E-state index in [4.69, 9.17) is 11.6 Å². The van der Waals surface area contributed by atoms with Gasteiger partial charge in [-0.1, -0.05) is 31.0 Å². The van der Waals surface area contributed by atoms with Crippen LogP contribution in [0, 0.1) is 0 Å². The quantitative estimate of drug-likeness (QED) is 0.589. The molecular formula is C22H25ClN4O4S. The summed E-state index contributed by atoms with van der Waals surface area (Å²) in [6.45, 7) is 2.68. The van der Waals surface area contributed by atoms with Crippen molar-refractivity contribution in [2.45, 2.75) is 45.2 Å². The van der Waals surface area contributed by atoms with Crippen LogP contribution in [0.1, 0.15) is 43.0 Å². The first-order valence-corrected chi connectivity index (χ1v) is 12.9. The summed E-state index contributed by atoms with van der Waals surface area (Å²) in [7, 11) is -3.00. The van der Waals surface area contributed by atoms with E-state index >= 15 is 0 Å². The fourth-order valence-electron chi connectivity index (χ4n) is 3.93. The monoisotopic (exact) mass is 476 g/mol. The molecule has 4 rings (SSSR count). The molecule has 0 unspecified atom stereocenters. The number of amides is 1. The van der Waals surface area contributed by atoms with Crippen molar-refractivity contribution in [1.29, 1.82) is 0 Å². The van der Waals surface area contributed by atoms with Gasteiger partial charge in [0.05, 0.1) is 40.3 Å². The van der Waals surface area contributed by atoms with Crippen LogP contribution in [0.25, 0.3) is 16.8 Å². The van der Waals surface area contributed by atoms with Gasteiger partial charge in [0.25, 0.3) is 11.5 Å². The number of aromatic nitrogens is 3. The molecule has 1 aliphatic rings. The van der Waals surface area contributed by atoms with E-state index in [0.29, 0.717) is 30.5 Å². The number of carbonyl (C=O) groups is 1. The van der Waals surface area contributed by atoms with E-state index in [1.54, 1.807) is 45.9 Å². The van der Waals surface area contributed by atoms with Gasteiger partial charge in [0.1, 0.15) is 15.4 Å². The van der Waals surface area contributed by atoms with Crippen molar-refractivity contribution in [2.24, 2.45) is 0 Å². The molecule has 0 radical (unpaired) electrons. The second-order valence-electron chi connectivity index (χ2n) is 8.11. The Morgan fingerprint density at radius 1 is 1.28 bits per heavy atom. The molecule has 0 spiro atoms. The lowest BCUT2D eigenvalue weighted by atomic mass is 10.1. The SMILES string of the molecule is CCCCn1cc(-c2ccc(C(=O)NC3CCS(=O)(=O)CC3)c(Cl)c2)n2cncc2c1=O. The fraction of sp³-hybridized carbons (Fsp3) is 0.409. The van der Waals surface area contributed by atoms with Gasteiger partial charge in [0.15, 0.2) is 0 Å². The molecule has 1 fully saturated rings. The minimum absolute atomic E-state index is 0.0826. The number of nitrogens with zero attached hydrogens (tertiary/aromatic N) is 3. The molecule has 10 heteroatoms. The van der Waals surface area contributed by atoms with Gasteiger partial charge in [0, 0.05) is 24.3 Å². The molecule has 2 aromatic heterocycles. The Morgan fingerprint density at radius 3 is 2.72 bits per heavy atom. The van der Waals surface area contributed by atoms with E-state index in [9.17, 15) is 18.0 Å². The van der Waals surface area contributed by atoms with Crippen molar-refractivity contribution in [3.05, 3.63) is 57.9 Å². The lowest BCUT2D eigenvalue weighted by Gasteiger charge is -2.23. The van der Waals surface area contributed by atoms with Crippen molar-refractivity contribution >= 4 is 32.9 Å². The summed E-state index contributed by atoms with van der Waals surface area (Å²) in [4.78, 5) is 29.6.